The topological polar surface area (TPSA) is 70.3 Å². The molecule has 1 rings (SSSR count). The highest BCUT2D eigenvalue weighted by atomic mass is 16.5. The largest absolute Gasteiger partial charge is 0.475 e. The molecule has 0 fully saturated rings. The van der Waals surface area contributed by atoms with Crippen molar-refractivity contribution in [1.82, 2.24) is 9.97 Å². The first-order chi connectivity index (χ1) is 6.75. The van der Waals surface area contributed by atoms with Gasteiger partial charge in [-0.05, 0) is 13.8 Å². The van der Waals surface area contributed by atoms with Crippen LogP contribution in [0.4, 0.5) is 5.82 Å². The third kappa shape index (κ3) is 2.85. The van der Waals surface area contributed by atoms with Gasteiger partial charge < -0.3 is 15.2 Å². The summed E-state index contributed by atoms with van der Waals surface area (Å²) in [5.74, 6) is 0.976. The molecule has 1 heterocycles. The van der Waals surface area contributed by atoms with E-state index in [9.17, 15) is 0 Å². The van der Waals surface area contributed by atoms with Crippen LogP contribution in [0, 0.1) is 6.92 Å². The van der Waals surface area contributed by atoms with E-state index in [2.05, 4.69) is 9.97 Å². The SMILES string of the molecule is CCOCCOc1ncnc(N)c1C. The van der Waals surface area contributed by atoms with Crippen molar-refractivity contribution in [3.05, 3.63) is 11.9 Å². The molecule has 0 unspecified atom stereocenters. The minimum Gasteiger partial charge on any atom is -0.475 e. The molecule has 2 N–H and O–H groups in total. The Morgan fingerprint density at radius 2 is 2.14 bits per heavy atom. The molecule has 0 aliphatic heterocycles. The Balaban J connectivity index is 2.46. The standard InChI is InChI=1S/C9H15N3O2/c1-3-13-4-5-14-9-7(2)8(10)11-6-12-9/h6H,3-5H2,1-2H3,(H2,10,11,12). The summed E-state index contributed by atoms with van der Waals surface area (Å²) in [6, 6.07) is 0. The molecule has 0 aliphatic carbocycles. The zero-order valence-corrected chi connectivity index (χ0v) is 8.49. The number of ether oxygens (including phenoxy) is 2. The average Bonchev–Trinajstić information content (AvgIpc) is 2.19. The van der Waals surface area contributed by atoms with Crippen molar-refractivity contribution in [2.24, 2.45) is 0 Å². The molecule has 0 spiro atoms. The van der Waals surface area contributed by atoms with Crippen molar-refractivity contribution in [1.29, 1.82) is 0 Å². The van der Waals surface area contributed by atoms with E-state index in [1.165, 1.54) is 6.33 Å². The van der Waals surface area contributed by atoms with Gasteiger partial charge >= 0.3 is 0 Å². The average molecular weight is 197 g/mol. The second-order valence-electron chi connectivity index (χ2n) is 2.73. The van der Waals surface area contributed by atoms with Crippen LogP contribution in [-0.4, -0.2) is 29.8 Å². The number of aromatic nitrogens is 2. The summed E-state index contributed by atoms with van der Waals surface area (Å²) >= 11 is 0. The Kier molecular flexibility index (Phi) is 4.12. The summed E-state index contributed by atoms with van der Waals surface area (Å²) < 4.78 is 10.5. The Morgan fingerprint density at radius 3 is 2.86 bits per heavy atom. The van der Waals surface area contributed by atoms with Gasteiger partial charge in [0.05, 0.1) is 12.2 Å². The van der Waals surface area contributed by atoms with Gasteiger partial charge in [0.25, 0.3) is 0 Å². The van der Waals surface area contributed by atoms with Crippen LogP contribution in [0.15, 0.2) is 6.33 Å². The molecular formula is C9H15N3O2. The fourth-order valence-corrected chi connectivity index (χ4v) is 0.934. The zero-order valence-electron chi connectivity index (χ0n) is 8.49. The first-order valence-corrected chi connectivity index (χ1v) is 4.53. The van der Waals surface area contributed by atoms with Gasteiger partial charge in [-0.15, -0.1) is 0 Å². The molecule has 1 aromatic rings. The van der Waals surface area contributed by atoms with Crippen molar-refractivity contribution in [2.75, 3.05) is 25.6 Å². The number of hydrogen-bond donors (Lipinski definition) is 1. The van der Waals surface area contributed by atoms with E-state index in [0.29, 0.717) is 31.5 Å². The van der Waals surface area contributed by atoms with Crippen LogP contribution in [-0.2, 0) is 4.74 Å². The van der Waals surface area contributed by atoms with Crippen LogP contribution in [0.25, 0.3) is 0 Å². The van der Waals surface area contributed by atoms with Gasteiger partial charge in [0.2, 0.25) is 5.88 Å². The number of anilines is 1. The van der Waals surface area contributed by atoms with Crippen LogP contribution in [0.5, 0.6) is 5.88 Å². The van der Waals surface area contributed by atoms with E-state index in [0.717, 1.165) is 5.56 Å². The molecule has 0 bridgehead atoms. The fourth-order valence-electron chi connectivity index (χ4n) is 0.934. The second kappa shape index (κ2) is 5.39. The first kappa shape index (κ1) is 10.7. The summed E-state index contributed by atoms with van der Waals surface area (Å²) in [5.41, 5.74) is 6.36. The van der Waals surface area contributed by atoms with E-state index in [-0.39, 0.29) is 0 Å². The number of nitrogen functional groups attached to an aromatic ring is 1. The summed E-state index contributed by atoms with van der Waals surface area (Å²) in [4.78, 5) is 7.81. The highest BCUT2D eigenvalue weighted by Crippen LogP contribution is 2.16. The lowest BCUT2D eigenvalue weighted by Crippen LogP contribution is -2.09. The smallest absolute Gasteiger partial charge is 0.221 e. The van der Waals surface area contributed by atoms with E-state index < -0.39 is 0 Å². The Bertz CT molecular complexity index is 291. The van der Waals surface area contributed by atoms with Crippen LogP contribution in [0.3, 0.4) is 0 Å². The van der Waals surface area contributed by atoms with Gasteiger partial charge in [-0.1, -0.05) is 0 Å². The molecule has 0 aromatic carbocycles. The van der Waals surface area contributed by atoms with E-state index in [1.54, 1.807) is 0 Å². The van der Waals surface area contributed by atoms with Gasteiger partial charge in [-0.25, -0.2) is 9.97 Å². The Labute approximate surface area is 83.3 Å². The van der Waals surface area contributed by atoms with Crippen molar-refractivity contribution in [2.45, 2.75) is 13.8 Å². The second-order valence-corrected chi connectivity index (χ2v) is 2.73. The van der Waals surface area contributed by atoms with Crippen molar-refractivity contribution < 1.29 is 9.47 Å². The predicted molar refractivity (Wildman–Crippen MR) is 53.2 cm³/mol. The minimum atomic E-state index is 0.450. The maximum atomic E-state index is 5.59. The molecule has 0 radical (unpaired) electrons. The van der Waals surface area contributed by atoms with Gasteiger partial charge in [0.15, 0.2) is 0 Å². The Hall–Kier alpha value is -1.36. The molecule has 1 aromatic heterocycles. The molecule has 0 saturated carbocycles. The normalized spacial score (nSPS) is 10.1. The van der Waals surface area contributed by atoms with E-state index >= 15 is 0 Å². The van der Waals surface area contributed by atoms with E-state index in [1.807, 2.05) is 13.8 Å². The predicted octanol–water partition coefficient (Wildman–Crippen LogP) is 0.783. The Morgan fingerprint density at radius 1 is 1.36 bits per heavy atom. The third-order valence-electron chi connectivity index (χ3n) is 1.75. The van der Waals surface area contributed by atoms with Crippen molar-refractivity contribution >= 4 is 5.82 Å². The number of rotatable bonds is 5. The van der Waals surface area contributed by atoms with Crippen LogP contribution in [0.1, 0.15) is 12.5 Å². The molecule has 78 valence electrons. The lowest BCUT2D eigenvalue weighted by molar-refractivity contribution is 0.108. The summed E-state index contributed by atoms with van der Waals surface area (Å²) in [5, 5.41) is 0. The van der Waals surface area contributed by atoms with E-state index in [4.69, 9.17) is 15.2 Å². The van der Waals surface area contributed by atoms with Gasteiger partial charge in [0, 0.05) is 6.61 Å². The summed E-state index contributed by atoms with van der Waals surface area (Å²) in [6.45, 7) is 5.48. The molecule has 14 heavy (non-hydrogen) atoms. The molecular weight excluding hydrogens is 182 g/mol. The third-order valence-corrected chi connectivity index (χ3v) is 1.75. The van der Waals surface area contributed by atoms with Crippen LogP contribution in [0.2, 0.25) is 0 Å². The molecule has 0 atom stereocenters. The molecule has 0 amide bonds. The van der Waals surface area contributed by atoms with Crippen LogP contribution >= 0.6 is 0 Å². The minimum absolute atomic E-state index is 0.450. The first-order valence-electron chi connectivity index (χ1n) is 4.53. The zero-order chi connectivity index (χ0) is 10.4. The number of nitrogens with two attached hydrogens (primary N) is 1. The van der Waals surface area contributed by atoms with Gasteiger partial charge in [-0.2, -0.15) is 0 Å². The fraction of sp³-hybridized carbons (Fsp3) is 0.556. The highest BCUT2D eigenvalue weighted by molar-refractivity contribution is 5.42. The number of nitrogens with zero attached hydrogens (tertiary/aromatic N) is 2. The monoisotopic (exact) mass is 197 g/mol. The summed E-state index contributed by atoms with van der Waals surface area (Å²) in [7, 11) is 0. The number of hydrogen-bond acceptors (Lipinski definition) is 5. The molecule has 5 nitrogen and oxygen atoms in total. The van der Waals surface area contributed by atoms with Crippen molar-refractivity contribution in [3.8, 4) is 5.88 Å². The molecule has 5 heteroatoms. The van der Waals surface area contributed by atoms with Gasteiger partial charge in [0.1, 0.15) is 18.8 Å². The lowest BCUT2D eigenvalue weighted by atomic mass is 10.3. The van der Waals surface area contributed by atoms with Gasteiger partial charge in [-0.3, -0.25) is 0 Å². The highest BCUT2D eigenvalue weighted by Gasteiger charge is 2.04. The van der Waals surface area contributed by atoms with Crippen LogP contribution < -0.4 is 10.5 Å². The maximum absolute atomic E-state index is 5.59. The molecule has 0 aliphatic rings. The summed E-state index contributed by atoms with van der Waals surface area (Å²) in [6.07, 6.45) is 1.39. The maximum Gasteiger partial charge on any atom is 0.221 e. The molecule has 0 saturated heterocycles. The van der Waals surface area contributed by atoms with Crippen molar-refractivity contribution in [3.63, 3.8) is 0 Å². The lowest BCUT2D eigenvalue weighted by Gasteiger charge is -2.08. The quantitative estimate of drug-likeness (QED) is 0.706.